The van der Waals surface area contributed by atoms with Crippen LogP contribution in [-0.2, 0) is 12.7 Å². The van der Waals surface area contributed by atoms with Gasteiger partial charge in [-0.2, -0.15) is 13.2 Å². The van der Waals surface area contributed by atoms with E-state index in [1.165, 1.54) is 12.1 Å². The predicted octanol–water partition coefficient (Wildman–Crippen LogP) is 4.11. The molecule has 0 aliphatic heterocycles. The molecule has 0 radical (unpaired) electrons. The van der Waals surface area contributed by atoms with Gasteiger partial charge < -0.3 is 15.5 Å². The van der Waals surface area contributed by atoms with Gasteiger partial charge in [0.1, 0.15) is 0 Å². The smallest absolute Gasteiger partial charge is 0.356 e. The van der Waals surface area contributed by atoms with Gasteiger partial charge in [-0.05, 0) is 50.2 Å². The Bertz CT molecular complexity index is 514. The summed E-state index contributed by atoms with van der Waals surface area (Å²) in [5.74, 6) is 0.655. The van der Waals surface area contributed by atoms with Crippen LogP contribution in [0.15, 0.2) is 29.3 Å². The van der Waals surface area contributed by atoms with Crippen molar-refractivity contribution in [2.75, 3.05) is 33.2 Å². The van der Waals surface area contributed by atoms with E-state index in [2.05, 4.69) is 34.4 Å². The van der Waals surface area contributed by atoms with Crippen LogP contribution in [0.2, 0.25) is 0 Å². The van der Waals surface area contributed by atoms with Gasteiger partial charge in [0.05, 0.1) is 5.56 Å². The van der Waals surface area contributed by atoms with Crippen molar-refractivity contribution in [2.24, 2.45) is 4.99 Å². The number of benzene rings is 1. The summed E-state index contributed by atoms with van der Waals surface area (Å²) in [5.41, 5.74) is 0.143. The van der Waals surface area contributed by atoms with Gasteiger partial charge in [-0.3, -0.25) is 4.99 Å². The molecule has 0 aliphatic carbocycles. The minimum Gasteiger partial charge on any atom is -0.356 e. The van der Waals surface area contributed by atoms with E-state index in [0.717, 1.165) is 56.7 Å². The molecule has 0 saturated heterocycles. The minimum absolute atomic E-state index is 0. The third-order valence-corrected chi connectivity index (χ3v) is 4.05. The molecule has 1 rings (SSSR count). The number of hydrogen-bond donors (Lipinski definition) is 2. The molecule has 8 heteroatoms. The number of alkyl halides is 3. The lowest BCUT2D eigenvalue weighted by Crippen LogP contribution is -2.37. The molecule has 0 atom stereocenters. The number of halogens is 4. The van der Waals surface area contributed by atoms with Crippen LogP contribution in [0.25, 0.3) is 0 Å². The van der Waals surface area contributed by atoms with Crippen molar-refractivity contribution in [1.29, 1.82) is 0 Å². The molecule has 0 bridgehead atoms. The number of nitrogens with zero attached hydrogens (tertiary/aromatic N) is 2. The van der Waals surface area contributed by atoms with Crippen LogP contribution in [0.5, 0.6) is 0 Å². The van der Waals surface area contributed by atoms with E-state index in [9.17, 15) is 13.2 Å². The Morgan fingerprint density at radius 1 is 1.04 bits per heavy atom. The molecule has 150 valence electrons. The van der Waals surface area contributed by atoms with Crippen LogP contribution >= 0.6 is 24.0 Å². The Labute approximate surface area is 171 Å². The molecule has 1 aromatic rings. The van der Waals surface area contributed by atoms with E-state index < -0.39 is 11.7 Å². The minimum atomic E-state index is -4.30. The molecule has 1 aromatic carbocycles. The number of aliphatic imine (C=N–C) groups is 1. The molecule has 0 spiro atoms. The molecule has 0 unspecified atom stereocenters. The maximum absolute atomic E-state index is 12.5. The van der Waals surface area contributed by atoms with E-state index in [-0.39, 0.29) is 24.0 Å². The van der Waals surface area contributed by atoms with Gasteiger partial charge in [-0.25, -0.2) is 0 Å². The standard InChI is InChI=1S/C18H29F3N4.HI/c1-4-25(5-2)13-7-6-12-23-17(22-3)24-14-15-8-10-16(11-9-15)18(19,20)21;/h8-11H,4-7,12-14H2,1-3H3,(H2,22,23,24);1H. The van der Waals surface area contributed by atoms with E-state index >= 15 is 0 Å². The first kappa shape index (κ1) is 25.0. The van der Waals surface area contributed by atoms with E-state index in [1.807, 2.05) is 0 Å². The fraction of sp³-hybridized carbons (Fsp3) is 0.611. The van der Waals surface area contributed by atoms with E-state index in [4.69, 9.17) is 0 Å². The number of guanidine groups is 1. The second-order valence-corrected chi connectivity index (χ2v) is 5.78. The van der Waals surface area contributed by atoms with Crippen LogP contribution in [0.1, 0.15) is 37.8 Å². The zero-order valence-corrected chi connectivity index (χ0v) is 18.0. The van der Waals surface area contributed by atoms with Crippen LogP contribution in [0.4, 0.5) is 13.2 Å². The third kappa shape index (κ3) is 9.61. The maximum Gasteiger partial charge on any atom is 0.416 e. The van der Waals surface area contributed by atoms with Crippen molar-refractivity contribution in [1.82, 2.24) is 15.5 Å². The summed E-state index contributed by atoms with van der Waals surface area (Å²) < 4.78 is 37.6. The molecule has 0 fully saturated rings. The van der Waals surface area contributed by atoms with Gasteiger partial charge >= 0.3 is 6.18 Å². The Hall–Kier alpha value is -1.03. The summed E-state index contributed by atoms with van der Waals surface area (Å²) in [6.07, 6.45) is -2.14. The monoisotopic (exact) mass is 486 g/mol. The number of unbranched alkanes of at least 4 members (excludes halogenated alkanes) is 1. The van der Waals surface area contributed by atoms with Crippen molar-refractivity contribution >= 4 is 29.9 Å². The van der Waals surface area contributed by atoms with Crippen molar-refractivity contribution in [3.63, 3.8) is 0 Å². The molecular weight excluding hydrogens is 456 g/mol. The SMILES string of the molecule is CCN(CC)CCCCNC(=NC)NCc1ccc(C(F)(F)F)cc1.I. The van der Waals surface area contributed by atoms with Gasteiger partial charge in [0, 0.05) is 20.1 Å². The Balaban J connectivity index is 0.00000625. The summed E-state index contributed by atoms with van der Waals surface area (Å²) in [7, 11) is 1.68. The quantitative estimate of drug-likeness (QED) is 0.239. The molecule has 0 amide bonds. The third-order valence-electron chi connectivity index (χ3n) is 4.05. The fourth-order valence-electron chi connectivity index (χ4n) is 2.43. The van der Waals surface area contributed by atoms with Crippen LogP contribution in [0.3, 0.4) is 0 Å². The molecule has 2 N–H and O–H groups in total. The normalized spacial score (nSPS) is 12.0. The van der Waals surface area contributed by atoms with Crippen LogP contribution in [0, 0.1) is 0 Å². The highest BCUT2D eigenvalue weighted by molar-refractivity contribution is 14.0. The first-order chi connectivity index (χ1) is 11.9. The fourth-order valence-corrected chi connectivity index (χ4v) is 2.43. The number of rotatable bonds is 9. The lowest BCUT2D eigenvalue weighted by molar-refractivity contribution is -0.137. The van der Waals surface area contributed by atoms with Gasteiger partial charge in [0.25, 0.3) is 0 Å². The molecule has 0 aliphatic rings. The van der Waals surface area contributed by atoms with Crippen LogP contribution in [-0.4, -0.2) is 44.1 Å². The summed E-state index contributed by atoms with van der Waals surface area (Å²) in [6, 6.07) is 5.15. The summed E-state index contributed by atoms with van der Waals surface area (Å²) >= 11 is 0. The summed E-state index contributed by atoms with van der Waals surface area (Å²) in [4.78, 5) is 6.52. The second-order valence-electron chi connectivity index (χ2n) is 5.78. The first-order valence-corrected chi connectivity index (χ1v) is 8.73. The molecule has 0 saturated carbocycles. The van der Waals surface area contributed by atoms with Gasteiger partial charge in [-0.1, -0.05) is 26.0 Å². The predicted molar refractivity (Wildman–Crippen MR) is 112 cm³/mol. The number of nitrogens with one attached hydrogen (secondary N) is 2. The van der Waals surface area contributed by atoms with Crippen molar-refractivity contribution in [2.45, 2.75) is 39.4 Å². The molecule has 0 aromatic heterocycles. The molecule has 0 heterocycles. The van der Waals surface area contributed by atoms with E-state index in [0.29, 0.717) is 12.5 Å². The highest BCUT2D eigenvalue weighted by atomic mass is 127. The highest BCUT2D eigenvalue weighted by Gasteiger charge is 2.29. The Kier molecular flexibility index (Phi) is 12.7. The average molecular weight is 486 g/mol. The largest absolute Gasteiger partial charge is 0.416 e. The summed E-state index contributed by atoms with van der Waals surface area (Å²) in [6.45, 7) is 8.79. The van der Waals surface area contributed by atoms with E-state index in [1.54, 1.807) is 7.05 Å². The zero-order chi connectivity index (χ0) is 18.7. The van der Waals surface area contributed by atoms with Crippen molar-refractivity contribution in [3.05, 3.63) is 35.4 Å². The molecular formula is C18H30F3IN4. The topological polar surface area (TPSA) is 39.7 Å². The lowest BCUT2D eigenvalue weighted by atomic mass is 10.1. The molecule has 4 nitrogen and oxygen atoms in total. The highest BCUT2D eigenvalue weighted by Crippen LogP contribution is 2.28. The average Bonchev–Trinajstić information content (AvgIpc) is 2.60. The molecule has 26 heavy (non-hydrogen) atoms. The van der Waals surface area contributed by atoms with Crippen LogP contribution < -0.4 is 10.6 Å². The van der Waals surface area contributed by atoms with Gasteiger partial charge in [0.2, 0.25) is 0 Å². The van der Waals surface area contributed by atoms with Gasteiger partial charge in [0.15, 0.2) is 5.96 Å². The number of hydrogen-bond acceptors (Lipinski definition) is 2. The lowest BCUT2D eigenvalue weighted by Gasteiger charge is -2.18. The van der Waals surface area contributed by atoms with Crippen molar-refractivity contribution in [3.8, 4) is 0 Å². The Morgan fingerprint density at radius 3 is 2.15 bits per heavy atom. The maximum atomic E-state index is 12.5. The van der Waals surface area contributed by atoms with Gasteiger partial charge in [-0.15, -0.1) is 24.0 Å². The van der Waals surface area contributed by atoms with Crippen molar-refractivity contribution < 1.29 is 13.2 Å². The zero-order valence-electron chi connectivity index (χ0n) is 15.7. The summed E-state index contributed by atoms with van der Waals surface area (Å²) in [5, 5.41) is 6.34. The second kappa shape index (κ2) is 13.2. The first-order valence-electron chi connectivity index (χ1n) is 8.73. The Morgan fingerprint density at radius 2 is 1.65 bits per heavy atom.